The lowest BCUT2D eigenvalue weighted by Gasteiger charge is -2.35. The molecule has 2 fully saturated rings. The van der Waals surface area contributed by atoms with Gasteiger partial charge in [-0.2, -0.15) is 0 Å². The molecule has 0 aliphatic carbocycles. The average molecular weight is 368 g/mol. The number of aryl methyl sites for hydroxylation is 1. The maximum absolute atomic E-state index is 13.8. The lowest BCUT2D eigenvalue weighted by molar-refractivity contribution is -0.0619. The Bertz CT molecular complexity index is 568. The number of aliphatic hydroxyl groups is 1. The van der Waals surface area contributed by atoms with E-state index in [0.717, 1.165) is 38.4 Å². The van der Waals surface area contributed by atoms with Crippen LogP contribution in [0.5, 0.6) is 5.75 Å². The van der Waals surface area contributed by atoms with Gasteiger partial charge in [0.25, 0.3) is 0 Å². The van der Waals surface area contributed by atoms with Crippen LogP contribution in [0.2, 0.25) is 0 Å². The van der Waals surface area contributed by atoms with E-state index < -0.39 is 6.10 Å². The van der Waals surface area contributed by atoms with Crippen molar-refractivity contribution in [3.63, 3.8) is 0 Å². The zero-order chi connectivity index (χ0) is 18.4. The van der Waals surface area contributed by atoms with Gasteiger partial charge in [-0.1, -0.05) is 6.07 Å². The molecule has 0 unspecified atom stereocenters. The van der Waals surface area contributed by atoms with Gasteiger partial charge in [0.05, 0.1) is 25.9 Å². The molecule has 7 heteroatoms. The van der Waals surface area contributed by atoms with Crippen molar-refractivity contribution in [2.24, 2.45) is 0 Å². The summed E-state index contributed by atoms with van der Waals surface area (Å²) in [6.45, 7) is 8.75. The van der Waals surface area contributed by atoms with Gasteiger partial charge in [0.2, 0.25) is 0 Å². The molecule has 2 atom stereocenters. The second-order valence-electron chi connectivity index (χ2n) is 7.06. The number of β-amino-alcohol motifs (C(OH)–C–C–N with tert-alkyl or cyclic N) is 1. The van der Waals surface area contributed by atoms with Gasteiger partial charge in [0, 0.05) is 39.3 Å². The summed E-state index contributed by atoms with van der Waals surface area (Å²) in [5.74, 6) is -0.0951. The number of benzene rings is 1. The Labute approximate surface area is 154 Å². The molecule has 1 aromatic carbocycles. The highest BCUT2D eigenvalue weighted by atomic mass is 19.1. The first-order valence-electron chi connectivity index (χ1n) is 9.31. The molecule has 0 amide bonds. The maximum atomic E-state index is 13.8. The van der Waals surface area contributed by atoms with Crippen LogP contribution in [0.25, 0.3) is 0 Å². The van der Waals surface area contributed by atoms with Crippen molar-refractivity contribution in [2.75, 3.05) is 65.7 Å². The van der Waals surface area contributed by atoms with Crippen LogP contribution in [-0.4, -0.2) is 92.8 Å². The van der Waals surface area contributed by atoms with Crippen molar-refractivity contribution < 1.29 is 23.7 Å². The van der Waals surface area contributed by atoms with E-state index >= 15 is 0 Å². The number of hydrogen-bond acceptors (Lipinski definition) is 6. The Hall–Kier alpha value is -1.25. The van der Waals surface area contributed by atoms with E-state index in [2.05, 4.69) is 9.80 Å². The second kappa shape index (κ2) is 9.62. The molecule has 0 saturated carbocycles. The van der Waals surface area contributed by atoms with Gasteiger partial charge in [-0.05, 0) is 24.6 Å². The summed E-state index contributed by atoms with van der Waals surface area (Å²) in [5, 5.41) is 10.4. The SMILES string of the molecule is Cc1ccc(F)c(OC[C@@H]2CN(C[C@@H](O)CN3CCOCC3)CCO2)c1. The Morgan fingerprint density at radius 1 is 1.19 bits per heavy atom. The highest BCUT2D eigenvalue weighted by molar-refractivity contribution is 5.29. The van der Waals surface area contributed by atoms with Crippen molar-refractivity contribution in [1.82, 2.24) is 9.80 Å². The molecule has 1 N–H and O–H groups in total. The van der Waals surface area contributed by atoms with Crippen LogP contribution in [0.1, 0.15) is 5.56 Å². The molecule has 3 rings (SSSR count). The smallest absolute Gasteiger partial charge is 0.165 e. The van der Waals surface area contributed by atoms with Crippen LogP contribution in [0, 0.1) is 12.7 Å². The number of nitrogens with zero attached hydrogens (tertiary/aromatic N) is 2. The molecule has 0 spiro atoms. The number of hydrogen-bond donors (Lipinski definition) is 1. The van der Waals surface area contributed by atoms with Gasteiger partial charge >= 0.3 is 0 Å². The number of rotatable bonds is 7. The Morgan fingerprint density at radius 3 is 2.73 bits per heavy atom. The van der Waals surface area contributed by atoms with Crippen molar-refractivity contribution in [1.29, 1.82) is 0 Å². The minimum absolute atomic E-state index is 0.126. The first-order chi connectivity index (χ1) is 12.6. The van der Waals surface area contributed by atoms with Crippen LogP contribution in [0.15, 0.2) is 18.2 Å². The van der Waals surface area contributed by atoms with E-state index in [-0.39, 0.29) is 17.7 Å². The normalized spacial score (nSPS) is 23.7. The van der Waals surface area contributed by atoms with Gasteiger partial charge in [-0.25, -0.2) is 4.39 Å². The second-order valence-corrected chi connectivity index (χ2v) is 7.06. The Balaban J connectivity index is 1.42. The standard InChI is InChI=1S/C19H29FN2O4/c1-15-2-3-18(20)19(10-15)26-14-17-13-22(6-9-25-17)12-16(23)11-21-4-7-24-8-5-21/h2-3,10,16-17,23H,4-9,11-14H2,1H3/t16-,17-/m0/s1. The summed E-state index contributed by atoms with van der Waals surface area (Å²) in [6, 6.07) is 4.83. The summed E-state index contributed by atoms with van der Waals surface area (Å²) < 4.78 is 30.5. The number of morpholine rings is 2. The van der Waals surface area contributed by atoms with Crippen LogP contribution < -0.4 is 4.74 Å². The molecule has 2 saturated heterocycles. The van der Waals surface area contributed by atoms with Crippen LogP contribution >= 0.6 is 0 Å². The predicted octanol–water partition coefficient (Wildman–Crippen LogP) is 0.907. The molecule has 0 radical (unpaired) electrons. The lowest BCUT2D eigenvalue weighted by atomic mass is 10.2. The topological polar surface area (TPSA) is 54.4 Å². The predicted molar refractivity (Wildman–Crippen MR) is 96.1 cm³/mol. The van der Waals surface area contributed by atoms with Gasteiger partial charge in [0.1, 0.15) is 12.7 Å². The highest BCUT2D eigenvalue weighted by Gasteiger charge is 2.24. The monoisotopic (exact) mass is 368 g/mol. The minimum atomic E-state index is -0.401. The van der Waals surface area contributed by atoms with E-state index in [1.807, 2.05) is 6.92 Å². The minimum Gasteiger partial charge on any atom is -0.488 e. The molecule has 0 bridgehead atoms. The molecule has 0 aromatic heterocycles. The fourth-order valence-electron chi connectivity index (χ4n) is 3.39. The summed E-state index contributed by atoms with van der Waals surface area (Å²) in [6.07, 6.45) is -0.527. The highest BCUT2D eigenvalue weighted by Crippen LogP contribution is 2.19. The molecular weight excluding hydrogens is 339 g/mol. The molecule has 2 aliphatic rings. The number of halogens is 1. The van der Waals surface area contributed by atoms with Gasteiger partial charge < -0.3 is 19.3 Å². The molecule has 26 heavy (non-hydrogen) atoms. The van der Waals surface area contributed by atoms with Crippen molar-refractivity contribution in [3.8, 4) is 5.75 Å². The van der Waals surface area contributed by atoms with Crippen molar-refractivity contribution >= 4 is 0 Å². The third kappa shape index (κ3) is 5.89. The largest absolute Gasteiger partial charge is 0.488 e. The van der Waals surface area contributed by atoms with Crippen molar-refractivity contribution in [3.05, 3.63) is 29.6 Å². The summed E-state index contributed by atoms with van der Waals surface area (Å²) in [7, 11) is 0. The Kier molecular flexibility index (Phi) is 7.22. The zero-order valence-electron chi connectivity index (χ0n) is 15.4. The van der Waals surface area contributed by atoms with E-state index in [0.29, 0.717) is 32.8 Å². The Morgan fingerprint density at radius 2 is 1.92 bits per heavy atom. The number of aliphatic hydroxyl groups excluding tert-OH is 1. The lowest BCUT2D eigenvalue weighted by Crippen LogP contribution is -2.50. The first-order valence-corrected chi connectivity index (χ1v) is 9.31. The zero-order valence-corrected chi connectivity index (χ0v) is 15.4. The summed E-state index contributed by atoms with van der Waals surface area (Å²) in [4.78, 5) is 4.42. The summed E-state index contributed by atoms with van der Waals surface area (Å²) in [5.41, 5.74) is 0.957. The van der Waals surface area contributed by atoms with Crippen molar-refractivity contribution in [2.45, 2.75) is 19.1 Å². The molecule has 146 valence electrons. The third-order valence-corrected chi connectivity index (χ3v) is 4.78. The van der Waals surface area contributed by atoms with Gasteiger partial charge in [-0.3, -0.25) is 9.80 Å². The van der Waals surface area contributed by atoms with E-state index in [4.69, 9.17) is 14.2 Å². The molecule has 1 aromatic rings. The van der Waals surface area contributed by atoms with E-state index in [1.165, 1.54) is 6.07 Å². The van der Waals surface area contributed by atoms with E-state index in [9.17, 15) is 9.50 Å². The van der Waals surface area contributed by atoms with Crippen LogP contribution in [-0.2, 0) is 9.47 Å². The van der Waals surface area contributed by atoms with Crippen LogP contribution in [0.4, 0.5) is 4.39 Å². The fourth-order valence-corrected chi connectivity index (χ4v) is 3.39. The average Bonchev–Trinajstić information content (AvgIpc) is 2.63. The fraction of sp³-hybridized carbons (Fsp3) is 0.684. The molecular formula is C19H29FN2O4. The maximum Gasteiger partial charge on any atom is 0.165 e. The molecule has 6 nitrogen and oxygen atoms in total. The van der Waals surface area contributed by atoms with Gasteiger partial charge in [-0.15, -0.1) is 0 Å². The molecule has 2 heterocycles. The third-order valence-electron chi connectivity index (χ3n) is 4.78. The summed E-state index contributed by atoms with van der Waals surface area (Å²) >= 11 is 0. The first kappa shape index (κ1) is 19.5. The van der Waals surface area contributed by atoms with E-state index in [1.54, 1.807) is 12.1 Å². The van der Waals surface area contributed by atoms with Gasteiger partial charge in [0.15, 0.2) is 11.6 Å². The molecule has 2 aliphatic heterocycles. The number of ether oxygens (including phenoxy) is 3. The quantitative estimate of drug-likeness (QED) is 0.772. The van der Waals surface area contributed by atoms with Crippen LogP contribution in [0.3, 0.4) is 0 Å².